The van der Waals surface area contributed by atoms with E-state index in [1.165, 1.54) is 11.8 Å². The molecule has 3 heterocycles. The van der Waals surface area contributed by atoms with Crippen molar-refractivity contribution < 1.29 is 27.4 Å². The minimum atomic E-state index is -4.47. The average Bonchev–Trinajstić information content (AvgIpc) is 3.10. The largest absolute Gasteiger partial charge is 0.457 e. The third kappa shape index (κ3) is 5.47. The maximum Gasteiger partial charge on any atom is 0.406 e. The first kappa shape index (κ1) is 27.4. The van der Waals surface area contributed by atoms with E-state index in [1.807, 2.05) is 24.3 Å². The molecule has 2 aliphatic heterocycles. The van der Waals surface area contributed by atoms with Gasteiger partial charge in [-0.1, -0.05) is 0 Å². The summed E-state index contributed by atoms with van der Waals surface area (Å²) in [6, 6.07) is 6.98. The molecule has 38 heavy (non-hydrogen) atoms. The predicted molar refractivity (Wildman–Crippen MR) is 137 cm³/mol. The minimum absolute atomic E-state index is 0.0535. The number of carbonyl (C=O) groups is 1. The third-order valence-electron chi connectivity index (χ3n) is 6.61. The zero-order chi connectivity index (χ0) is 27.7. The second-order valence-electron chi connectivity index (χ2n) is 9.54. The first-order valence-electron chi connectivity index (χ1n) is 12.4. The Kier molecular flexibility index (Phi) is 7.68. The second kappa shape index (κ2) is 10.6. The van der Waals surface area contributed by atoms with Crippen LogP contribution < -0.4 is 15.1 Å². The molecule has 206 valence electrons. The Hall–Kier alpha value is -3.61. The van der Waals surface area contributed by atoms with Gasteiger partial charge < -0.3 is 24.6 Å². The summed E-state index contributed by atoms with van der Waals surface area (Å²) in [5, 5.41) is 11.0. The SMILES string of the molecule is CCN(CC(F)(F)F)C(=N)OCc1nc(NC)c2c(n1)N(c1ccc(N3CCOCC3)cc1)C(=O)C2(C)C. The van der Waals surface area contributed by atoms with E-state index >= 15 is 0 Å². The first-order chi connectivity index (χ1) is 18.0. The standard InChI is InChI=1S/C25H32F3N7O3/c1-5-33(15-25(26,27)28)23(29)38-14-18-31-20(30-4)19-21(32-18)35(22(36)24(19,2)3)17-8-6-16(7-9-17)34-10-12-37-13-11-34/h6-9,29H,5,10-15H2,1-4H3,(H,30,31,32). The number of amides is 1. The highest BCUT2D eigenvalue weighted by Gasteiger charge is 2.48. The quantitative estimate of drug-likeness (QED) is 0.409. The van der Waals surface area contributed by atoms with Gasteiger partial charge in [-0.2, -0.15) is 13.2 Å². The van der Waals surface area contributed by atoms with Crippen molar-refractivity contribution in [2.75, 3.05) is 61.6 Å². The summed E-state index contributed by atoms with van der Waals surface area (Å²) < 4.78 is 49.3. The molecule has 0 radical (unpaired) electrons. The second-order valence-corrected chi connectivity index (χ2v) is 9.54. The van der Waals surface area contributed by atoms with Crippen LogP contribution in [0.3, 0.4) is 0 Å². The van der Waals surface area contributed by atoms with Crippen LogP contribution in [0.2, 0.25) is 0 Å². The van der Waals surface area contributed by atoms with Gasteiger partial charge in [0, 0.05) is 32.4 Å². The Morgan fingerprint density at radius 2 is 1.82 bits per heavy atom. The van der Waals surface area contributed by atoms with E-state index in [9.17, 15) is 18.0 Å². The molecule has 2 aliphatic rings. The molecule has 1 amide bonds. The van der Waals surface area contributed by atoms with E-state index in [-0.39, 0.29) is 24.9 Å². The molecule has 0 aliphatic carbocycles. The van der Waals surface area contributed by atoms with Gasteiger partial charge in [0.25, 0.3) is 6.02 Å². The van der Waals surface area contributed by atoms with Crippen molar-refractivity contribution in [2.45, 2.75) is 39.0 Å². The van der Waals surface area contributed by atoms with Gasteiger partial charge in [0.15, 0.2) is 12.4 Å². The zero-order valence-corrected chi connectivity index (χ0v) is 21.9. The van der Waals surface area contributed by atoms with Gasteiger partial charge in [-0.15, -0.1) is 0 Å². The molecule has 0 bridgehead atoms. The lowest BCUT2D eigenvalue weighted by atomic mass is 9.87. The van der Waals surface area contributed by atoms with E-state index < -0.39 is 24.2 Å². The Morgan fingerprint density at radius 1 is 1.18 bits per heavy atom. The Labute approximate surface area is 219 Å². The number of alkyl halides is 3. The molecule has 13 heteroatoms. The van der Waals surface area contributed by atoms with Crippen LogP contribution in [0.1, 0.15) is 32.2 Å². The van der Waals surface area contributed by atoms with E-state index in [1.54, 1.807) is 20.9 Å². The summed E-state index contributed by atoms with van der Waals surface area (Å²) in [5.74, 6) is 0.715. The third-order valence-corrected chi connectivity index (χ3v) is 6.61. The number of benzene rings is 1. The first-order valence-corrected chi connectivity index (χ1v) is 12.4. The number of nitrogens with zero attached hydrogens (tertiary/aromatic N) is 5. The molecule has 1 fully saturated rings. The fourth-order valence-corrected chi connectivity index (χ4v) is 4.60. The van der Waals surface area contributed by atoms with Crippen LogP contribution in [0.5, 0.6) is 0 Å². The maximum absolute atomic E-state index is 13.6. The number of nitrogens with one attached hydrogen (secondary N) is 2. The summed E-state index contributed by atoms with van der Waals surface area (Å²) in [7, 11) is 1.66. The highest BCUT2D eigenvalue weighted by Crippen LogP contribution is 2.47. The smallest absolute Gasteiger partial charge is 0.406 e. The monoisotopic (exact) mass is 535 g/mol. The van der Waals surface area contributed by atoms with Gasteiger partial charge in [0.05, 0.1) is 29.9 Å². The average molecular weight is 536 g/mol. The van der Waals surface area contributed by atoms with Gasteiger partial charge in [-0.25, -0.2) is 9.97 Å². The minimum Gasteiger partial charge on any atom is -0.457 e. The summed E-state index contributed by atoms with van der Waals surface area (Å²) in [5.41, 5.74) is 1.32. The van der Waals surface area contributed by atoms with Crippen molar-refractivity contribution in [3.05, 3.63) is 35.7 Å². The lowest BCUT2D eigenvalue weighted by molar-refractivity contribution is -0.139. The van der Waals surface area contributed by atoms with Crippen LogP contribution in [0.4, 0.5) is 36.2 Å². The lowest BCUT2D eigenvalue weighted by Crippen LogP contribution is -2.39. The number of hydrogen-bond donors (Lipinski definition) is 2. The Balaban J connectivity index is 1.62. The lowest BCUT2D eigenvalue weighted by Gasteiger charge is -2.29. The fourth-order valence-electron chi connectivity index (χ4n) is 4.60. The fraction of sp³-hybridized carbons (Fsp3) is 0.520. The Bertz CT molecular complexity index is 1180. The van der Waals surface area contributed by atoms with Crippen LogP contribution in [-0.4, -0.2) is 79.4 Å². The molecule has 0 saturated carbocycles. The molecule has 1 saturated heterocycles. The molecule has 0 atom stereocenters. The normalized spacial score (nSPS) is 16.9. The number of morpholine rings is 1. The van der Waals surface area contributed by atoms with Gasteiger partial charge in [0.1, 0.15) is 18.2 Å². The molecular formula is C25H32F3N7O3. The van der Waals surface area contributed by atoms with E-state index in [0.29, 0.717) is 36.1 Å². The molecule has 0 spiro atoms. The number of anilines is 4. The van der Waals surface area contributed by atoms with Crippen LogP contribution in [-0.2, 0) is 26.3 Å². The summed E-state index contributed by atoms with van der Waals surface area (Å²) in [6.07, 6.45) is -4.47. The van der Waals surface area contributed by atoms with Crippen LogP contribution >= 0.6 is 0 Å². The Morgan fingerprint density at radius 3 is 2.39 bits per heavy atom. The summed E-state index contributed by atoms with van der Waals surface area (Å²) in [6.45, 7) is 6.29. The van der Waals surface area contributed by atoms with Crippen molar-refractivity contribution in [3.63, 3.8) is 0 Å². The maximum atomic E-state index is 13.6. The van der Waals surface area contributed by atoms with Crippen molar-refractivity contribution in [3.8, 4) is 0 Å². The van der Waals surface area contributed by atoms with Crippen LogP contribution in [0.15, 0.2) is 24.3 Å². The van der Waals surface area contributed by atoms with Crippen LogP contribution in [0.25, 0.3) is 0 Å². The number of aromatic nitrogens is 2. The molecular weight excluding hydrogens is 503 g/mol. The van der Waals surface area contributed by atoms with Gasteiger partial charge in [-0.05, 0) is 45.0 Å². The highest BCUT2D eigenvalue weighted by molar-refractivity contribution is 6.12. The highest BCUT2D eigenvalue weighted by atomic mass is 19.4. The topological polar surface area (TPSA) is 107 Å². The van der Waals surface area contributed by atoms with Crippen molar-refractivity contribution in [2.24, 2.45) is 0 Å². The number of fused-ring (bicyclic) bond motifs is 1. The molecule has 10 nitrogen and oxygen atoms in total. The van der Waals surface area contributed by atoms with Gasteiger partial charge >= 0.3 is 6.18 Å². The number of amidine groups is 1. The van der Waals surface area contributed by atoms with E-state index in [0.717, 1.165) is 23.7 Å². The molecule has 2 aromatic rings. The van der Waals surface area contributed by atoms with Crippen LogP contribution in [0, 0.1) is 5.41 Å². The number of ether oxygens (including phenoxy) is 2. The van der Waals surface area contributed by atoms with Gasteiger partial charge in [0.2, 0.25) is 5.91 Å². The number of rotatable bonds is 7. The predicted octanol–water partition coefficient (Wildman–Crippen LogP) is 3.65. The summed E-state index contributed by atoms with van der Waals surface area (Å²) in [4.78, 5) is 27.1. The van der Waals surface area contributed by atoms with Gasteiger partial charge in [-0.3, -0.25) is 15.1 Å². The molecule has 1 aromatic carbocycles. The number of carbonyl (C=O) groups excluding carboxylic acids is 1. The molecule has 1 aromatic heterocycles. The van der Waals surface area contributed by atoms with Crippen molar-refractivity contribution in [1.29, 1.82) is 5.41 Å². The molecule has 4 rings (SSSR count). The van der Waals surface area contributed by atoms with E-state index in [4.69, 9.17) is 14.9 Å². The zero-order valence-electron chi connectivity index (χ0n) is 21.9. The van der Waals surface area contributed by atoms with Crippen molar-refractivity contribution in [1.82, 2.24) is 14.9 Å². The summed E-state index contributed by atoms with van der Waals surface area (Å²) >= 11 is 0. The molecule has 0 unspecified atom stereocenters. The van der Waals surface area contributed by atoms with Crippen molar-refractivity contribution >= 4 is 34.9 Å². The van der Waals surface area contributed by atoms with E-state index in [2.05, 4.69) is 20.2 Å². The molecule has 2 N–H and O–H groups in total. The number of hydrogen-bond acceptors (Lipinski definition) is 8. The number of halogens is 3.